The number of fused-ring (bicyclic) bond motifs is 1. The first-order chi connectivity index (χ1) is 10.7. The predicted molar refractivity (Wildman–Crippen MR) is 94.3 cm³/mol. The SMILES string of the molecule is Cc1ccc(CNC2C3CN(C(=O)OC(C)(C)C)CC32)c(Br)c1. The van der Waals surface area contributed by atoms with Crippen molar-refractivity contribution < 1.29 is 9.53 Å². The highest BCUT2D eigenvalue weighted by Crippen LogP contribution is 2.46. The van der Waals surface area contributed by atoms with E-state index in [1.807, 2.05) is 25.7 Å². The van der Waals surface area contributed by atoms with Crippen molar-refractivity contribution in [3.8, 4) is 0 Å². The standard InChI is InChI=1S/C18H25BrN2O2/c1-11-5-6-12(15(19)7-11)8-20-16-13-9-21(10-14(13)16)17(22)23-18(2,3)4/h5-7,13-14,16,20H,8-10H2,1-4H3. The van der Waals surface area contributed by atoms with Gasteiger partial charge in [0.15, 0.2) is 0 Å². The van der Waals surface area contributed by atoms with E-state index in [1.54, 1.807) is 0 Å². The molecule has 1 saturated carbocycles. The molecule has 2 fully saturated rings. The van der Waals surface area contributed by atoms with Gasteiger partial charge in [0.25, 0.3) is 0 Å². The average molecular weight is 381 g/mol. The predicted octanol–water partition coefficient (Wildman–Crippen LogP) is 3.71. The number of ether oxygens (including phenoxy) is 1. The number of hydrogen-bond donors (Lipinski definition) is 1. The van der Waals surface area contributed by atoms with Crippen LogP contribution in [0.4, 0.5) is 4.79 Å². The normalized spacial score (nSPS) is 26.1. The molecular formula is C18H25BrN2O2. The largest absolute Gasteiger partial charge is 0.444 e. The monoisotopic (exact) mass is 380 g/mol. The molecule has 1 heterocycles. The molecule has 2 atom stereocenters. The molecule has 2 aliphatic rings. The number of rotatable bonds is 3. The average Bonchev–Trinajstić information content (AvgIpc) is 2.88. The van der Waals surface area contributed by atoms with Crippen LogP contribution in [-0.4, -0.2) is 35.7 Å². The minimum absolute atomic E-state index is 0.176. The van der Waals surface area contributed by atoms with Crippen LogP contribution in [0.5, 0.6) is 0 Å². The van der Waals surface area contributed by atoms with Gasteiger partial charge in [0, 0.05) is 30.1 Å². The van der Waals surface area contributed by atoms with Crippen molar-refractivity contribution in [3.05, 3.63) is 33.8 Å². The minimum atomic E-state index is -0.417. The Morgan fingerprint density at radius 1 is 1.35 bits per heavy atom. The Hall–Kier alpha value is -1.07. The van der Waals surface area contributed by atoms with E-state index in [-0.39, 0.29) is 6.09 Å². The van der Waals surface area contributed by atoms with E-state index in [1.165, 1.54) is 11.1 Å². The Labute approximate surface area is 146 Å². The summed E-state index contributed by atoms with van der Waals surface area (Å²) < 4.78 is 6.60. The number of likely N-dealkylation sites (tertiary alicyclic amines) is 1. The zero-order valence-electron chi connectivity index (χ0n) is 14.2. The second-order valence-electron chi connectivity index (χ2n) is 7.71. The van der Waals surface area contributed by atoms with Crippen molar-refractivity contribution >= 4 is 22.0 Å². The molecule has 1 aliphatic heterocycles. The second-order valence-corrected chi connectivity index (χ2v) is 8.57. The molecular weight excluding hydrogens is 356 g/mol. The van der Waals surface area contributed by atoms with Crippen LogP contribution >= 0.6 is 15.9 Å². The Morgan fingerprint density at radius 2 is 2.00 bits per heavy atom. The van der Waals surface area contributed by atoms with Crippen LogP contribution < -0.4 is 5.32 Å². The van der Waals surface area contributed by atoms with Crippen molar-refractivity contribution in [1.82, 2.24) is 10.2 Å². The van der Waals surface area contributed by atoms with Gasteiger partial charge in [-0.3, -0.25) is 0 Å². The quantitative estimate of drug-likeness (QED) is 0.868. The van der Waals surface area contributed by atoms with Gasteiger partial charge in [-0.25, -0.2) is 4.79 Å². The summed E-state index contributed by atoms with van der Waals surface area (Å²) in [6, 6.07) is 6.98. The number of piperidine rings is 1. The molecule has 1 aromatic carbocycles. The smallest absolute Gasteiger partial charge is 0.410 e. The van der Waals surface area contributed by atoms with Gasteiger partial charge in [-0.15, -0.1) is 0 Å². The van der Waals surface area contributed by atoms with E-state index in [4.69, 9.17) is 4.74 Å². The molecule has 126 valence electrons. The van der Waals surface area contributed by atoms with Gasteiger partial charge < -0.3 is 15.0 Å². The van der Waals surface area contributed by atoms with Crippen molar-refractivity contribution in [2.24, 2.45) is 11.8 Å². The summed E-state index contributed by atoms with van der Waals surface area (Å²) in [6.07, 6.45) is -0.176. The summed E-state index contributed by atoms with van der Waals surface area (Å²) in [5, 5.41) is 3.63. The zero-order chi connectivity index (χ0) is 16.8. The third-order valence-electron chi connectivity index (χ3n) is 4.58. The third kappa shape index (κ3) is 3.89. The van der Waals surface area contributed by atoms with Crippen LogP contribution in [0.25, 0.3) is 0 Å². The van der Waals surface area contributed by atoms with E-state index in [2.05, 4.69) is 46.4 Å². The van der Waals surface area contributed by atoms with Crippen molar-refractivity contribution in [3.63, 3.8) is 0 Å². The maximum atomic E-state index is 12.1. The maximum Gasteiger partial charge on any atom is 0.410 e. The summed E-state index contributed by atoms with van der Waals surface area (Å²) >= 11 is 3.63. The summed E-state index contributed by atoms with van der Waals surface area (Å²) in [4.78, 5) is 13.9. The third-order valence-corrected chi connectivity index (χ3v) is 5.32. The fourth-order valence-electron chi connectivity index (χ4n) is 3.33. The molecule has 1 aromatic rings. The lowest BCUT2D eigenvalue weighted by Crippen LogP contribution is -2.39. The van der Waals surface area contributed by atoms with Crippen LogP contribution in [0, 0.1) is 18.8 Å². The highest BCUT2D eigenvalue weighted by molar-refractivity contribution is 9.10. The maximum absolute atomic E-state index is 12.1. The first-order valence-electron chi connectivity index (χ1n) is 8.21. The van der Waals surface area contributed by atoms with Gasteiger partial charge >= 0.3 is 6.09 Å². The van der Waals surface area contributed by atoms with Crippen LogP contribution in [0.2, 0.25) is 0 Å². The fraction of sp³-hybridized carbons (Fsp3) is 0.611. The molecule has 1 amide bonds. The number of benzene rings is 1. The molecule has 4 nitrogen and oxygen atoms in total. The number of halogens is 1. The molecule has 23 heavy (non-hydrogen) atoms. The van der Waals surface area contributed by atoms with Crippen molar-refractivity contribution in [2.45, 2.75) is 45.9 Å². The van der Waals surface area contributed by atoms with Crippen molar-refractivity contribution in [1.29, 1.82) is 0 Å². The summed E-state index contributed by atoms with van der Waals surface area (Å²) in [7, 11) is 0. The van der Waals surface area contributed by atoms with E-state index in [9.17, 15) is 4.79 Å². The molecule has 5 heteroatoms. The first kappa shape index (κ1) is 16.8. The summed E-state index contributed by atoms with van der Waals surface area (Å²) in [5.74, 6) is 1.15. The zero-order valence-corrected chi connectivity index (χ0v) is 15.8. The molecule has 1 aliphatic carbocycles. The van der Waals surface area contributed by atoms with Crippen LogP contribution in [0.15, 0.2) is 22.7 Å². The van der Waals surface area contributed by atoms with Crippen LogP contribution in [0.3, 0.4) is 0 Å². The first-order valence-corrected chi connectivity index (χ1v) is 9.00. The summed E-state index contributed by atoms with van der Waals surface area (Å²) in [6.45, 7) is 10.3. The number of aryl methyl sites for hydroxylation is 1. The number of nitrogens with one attached hydrogen (secondary N) is 1. The van der Waals surface area contributed by atoms with E-state index < -0.39 is 5.60 Å². The van der Waals surface area contributed by atoms with Crippen LogP contribution in [0.1, 0.15) is 31.9 Å². The Kier molecular flexibility index (Phi) is 4.45. The Morgan fingerprint density at radius 3 is 2.57 bits per heavy atom. The molecule has 0 radical (unpaired) electrons. The van der Waals surface area contributed by atoms with Gasteiger partial charge in [0.2, 0.25) is 0 Å². The van der Waals surface area contributed by atoms with E-state index in [0.29, 0.717) is 17.9 Å². The number of carbonyl (C=O) groups excluding carboxylic acids is 1. The number of amides is 1. The lowest BCUT2D eigenvalue weighted by atomic mass is 10.1. The Balaban J connectivity index is 1.46. The lowest BCUT2D eigenvalue weighted by Gasteiger charge is -2.26. The molecule has 0 bridgehead atoms. The molecule has 1 saturated heterocycles. The second kappa shape index (κ2) is 6.10. The highest BCUT2D eigenvalue weighted by Gasteiger charge is 2.56. The minimum Gasteiger partial charge on any atom is -0.444 e. The fourth-order valence-corrected chi connectivity index (χ4v) is 3.96. The molecule has 2 unspecified atom stereocenters. The molecule has 3 rings (SSSR count). The van der Waals surface area contributed by atoms with Crippen LogP contribution in [-0.2, 0) is 11.3 Å². The topological polar surface area (TPSA) is 41.6 Å². The van der Waals surface area contributed by atoms with E-state index >= 15 is 0 Å². The van der Waals surface area contributed by atoms with Crippen molar-refractivity contribution in [2.75, 3.05) is 13.1 Å². The Bertz CT molecular complexity index is 600. The number of nitrogens with zero attached hydrogens (tertiary/aromatic N) is 1. The number of carbonyl (C=O) groups is 1. The van der Waals surface area contributed by atoms with Gasteiger partial charge in [-0.05, 0) is 56.7 Å². The van der Waals surface area contributed by atoms with E-state index in [0.717, 1.165) is 24.1 Å². The van der Waals surface area contributed by atoms with Gasteiger partial charge in [-0.1, -0.05) is 28.1 Å². The molecule has 0 aromatic heterocycles. The van der Waals surface area contributed by atoms with Gasteiger partial charge in [0.05, 0.1) is 0 Å². The summed E-state index contributed by atoms with van der Waals surface area (Å²) in [5.41, 5.74) is 2.13. The highest BCUT2D eigenvalue weighted by atomic mass is 79.9. The lowest BCUT2D eigenvalue weighted by molar-refractivity contribution is 0.0269. The van der Waals surface area contributed by atoms with Gasteiger partial charge in [-0.2, -0.15) is 0 Å². The molecule has 0 spiro atoms. The molecule has 1 N–H and O–H groups in total. The number of hydrogen-bond acceptors (Lipinski definition) is 3. The van der Waals surface area contributed by atoms with Gasteiger partial charge in [0.1, 0.15) is 5.60 Å².